The summed E-state index contributed by atoms with van der Waals surface area (Å²) in [5.74, 6) is -7.06. The van der Waals surface area contributed by atoms with Gasteiger partial charge in [0.25, 0.3) is 0 Å². The molecule has 2 saturated heterocycles. The quantitative estimate of drug-likeness (QED) is 0.141. The van der Waals surface area contributed by atoms with Crippen LogP contribution in [0.4, 0.5) is 28.4 Å². The van der Waals surface area contributed by atoms with Crippen LogP contribution in [-0.2, 0) is 19.2 Å². The zero-order valence-corrected chi connectivity index (χ0v) is 28.7. The van der Waals surface area contributed by atoms with E-state index in [1.54, 1.807) is 68.5 Å². The molecule has 52 heavy (non-hydrogen) atoms. The Morgan fingerprint density at radius 1 is 0.885 bits per heavy atom. The Hall–Kier alpha value is -6.12. The highest BCUT2D eigenvalue weighted by atomic mass is 16.6. The first kappa shape index (κ1) is 34.3. The van der Waals surface area contributed by atoms with E-state index in [1.165, 1.54) is 19.0 Å². The van der Waals surface area contributed by atoms with Gasteiger partial charge in [0.1, 0.15) is 0 Å². The number of hydrogen-bond donors (Lipinski definition) is 1. The fourth-order valence-corrected chi connectivity index (χ4v) is 8.94. The van der Waals surface area contributed by atoms with Gasteiger partial charge in [-0.1, -0.05) is 42.0 Å². The summed E-state index contributed by atoms with van der Waals surface area (Å²) in [4.78, 5) is 83.4. The SMILES string of the molecule is CCOc1cccc(C2C3=CCC4C(=O)N(c5cc([N+](=O)[O-])c(N(C)C)c([N+](=O)[O-])c5)C(=O)C4C3CC3C(=O)N(c4ccccc4)C(=O)C32C)c1O. The van der Waals surface area contributed by atoms with E-state index < -0.39 is 79.9 Å². The molecule has 15 nitrogen and oxygen atoms in total. The molecule has 3 fully saturated rings. The normalized spacial score (nSPS) is 26.5. The van der Waals surface area contributed by atoms with Crippen molar-refractivity contribution in [3.8, 4) is 11.5 Å². The van der Waals surface area contributed by atoms with Crippen LogP contribution in [0.2, 0.25) is 0 Å². The van der Waals surface area contributed by atoms with Gasteiger partial charge < -0.3 is 14.7 Å². The van der Waals surface area contributed by atoms with Gasteiger partial charge in [0.15, 0.2) is 17.2 Å². The summed E-state index contributed by atoms with van der Waals surface area (Å²) in [6.07, 6.45) is 1.86. The van der Waals surface area contributed by atoms with Gasteiger partial charge in [-0.3, -0.25) is 39.4 Å². The molecule has 4 aliphatic rings. The van der Waals surface area contributed by atoms with Gasteiger partial charge in [0.05, 0.1) is 51.0 Å². The third kappa shape index (κ3) is 4.78. The van der Waals surface area contributed by atoms with E-state index in [9.17, 15) is 44.5 Å². The second kappa shape index (κ2) is 12.3. The average Bonchev–Trinajstić information content (AvgIpc) is 3.48. The minimum absolute atomic E-state index is 0.0204. The third-order valence-electron chi connectivity index (χ3n) is 11.1. The smallest absolute Gasteiger partial charge is 0.301 e. The molecule has 6 unspecified atom stereocenters. The number of carbonyl (C=O) groups excluding carboxylic acids is 4. The molecular formula is C37H35N5O10. The van der Waals surface area contributed by atoms with Crippen LogP contribution in [-0.4, -0.2) is 59.3 Å². The highest BCUT2D eigenvalue weighted by Gasteiger charge is 2.68. The number of imide groups is 2. The second-order valence-electron chi connectivity index (χ2n) is 13.9. The van der Waals surface area contributed by atoms with Crippen molar-refractivity contribution in [1.82, 2.24) is 0 Å². The van der Waals surface area contributed by atoms with Gasteiger partial charge in [0, 0.05) is 37.7 Å². The molecule has 7 rings (SSSR count). The molecule has 2 aliphatic carbocycles. The molecular weight excluding hydrogens is 674 g/mol. The third-order valence-corrected chi connectivity index (χ3v) is 11.1. The van der Waals surface area contributed by atoms with Crippen LogP contribution >= 0.6 is 0 Å². The minimum Gasteiger partial charge on any atom is -0.504 e. The molecule has 3 aromatic rings. The van der Waals surface area contributed by atoms with Crippen molar-refractivity contribution in [2.24, 2.45) is 29.1 Å². The second-order valence-corrected chi connectivity index (χ2v) is 13.9. The predicted octanol–water partition coefficient (Wildman–Crippen LogP) is 5.11. The number of para-hydroxylation sites is 2. The lowest BCUT2D eigenvalue weighted by molar-refractivity contribution is -0.392. The average molecular weight is 710 g/mol. The van der Waals surface area contributed by atoms with Crippen LogP contribution in [0.25, 0.3) is 0 Å². The number of ether oxygens (including phenoxy) is 1. The molecule has 1 N–H and O–H groups in total. The molecule has 4 amide bonds. The number of nitrogens with zero attached hydrogens (tertiary/aromatic N) is 5. The monoisotopic (exact) mass is 709 g/mol. The van der Waals surface area contributed by atoms with Gasteiger partial charge >= 0.3 is 11.4 Å². The Kier molecular flexibility index (Phi) is 8.11. The van der Waals surface area contributed by atoms with E-state index in [-0.39, 0.29) is 42.3 Å². The number of carbonyl (C=O) groups is 4. The summed E-state index contributed by atoms with van der Waals surface area (Å²) in [7, 11) is 2.82. The van der Waals surface area contributed by atoms with Crippen LogP contribution in [0.3, 0.4) is 0 Å². The lowest BCUT2D eigenvalue weighted by atomic mass is 9.51. The number of rotatable bonds is 8. The van der Waals surface area contributed by atoms with E-state index in [0.717, 1.165) is 21.9 Å². The molecule has 0 aromatic heterocycles. The fraction of sp³-hybridized carbons (Fsp3) is 0.351. The summed E-state index contributed by atoms with van der Waals surface area (Å²) in [6, 6.07) is 15.4. The van der Waals surface area contributed by atoms with Gasteiger partial charge in [-0.05, 0) is 50.8 Å². The summed E-state index contributed by atoms with van der Waals surface area (Å²) < 4.78 is 5.69. The van der Waals surface area contributed by atoms with Crippen molar-refractivity contribution in [1.29, 1.82) is 0 Å². The number of hydrogen-bond acceptors (Lipinski definition) is 11. The van der Waals surface area contributed by atoms with Crippen LogP contribution in [0.1, 0.15) is 38.2 Å². The number of nitro groups is 2. The summed E-state index contributed by atoms with van der Waals surface area (Å²) >= 11 is 0. The zero-order chi connectivity index (χ0) is 37.4. The van der Waals surface area contributed by atoms with E-state index >= 15 is 0 Å². The maximum absolute atomic E-state index is 14.6. The van der Waals surface area contributed by atoms with Crippen molar-refractivity contribution in [3.05, 3.63) is 98.1 Å². The summed E-state index contributed by atoms with van der Waals surface area (Å²) in [5.41, 5.74) is -2.04. The van der Waals surface area contributed by atoms with E-state index in [0.29, 0.717) is 16.8 Å². The molecule has 0 radical (unpaired) electrons. The Bertz CT molecular complexity index is 2080. The predicted molar refractivity (Wildman–Crippen MR) is 187 cm³/mol. The highest BCUT2D eigenvalue weighted by Crippen LogP contribution is 2.65. The van der Waals surface area contributed by atoms with Crippen LogP contribution in [0.15, 0.2) is 72.3 Å². The number of nitro benzene ring substituents is 2. The van der Waals surface area contributed by atoms with Crippen LogP contribution < -0.4 is 19.4 Å². The van der Waals surface area contributed by atoms with E-state index in [1.807, 2.05) is 0 Å². The zero-order valence-electron chi connectivity index (χ0n) is 28.7. The molecule has 0 spiro atoms. The van der Waals surface area contributed by atoms with Crippen molar-refractivity contribution in [2.75, 3.05) is 35.4 Å². The molecule has 268 valence electrons. The maximum atomic E-state index is 14.6. The van der Waals surface area contributed by atoms with Gasteiger partial charge in [-0.25, -0.2) is 9.80 Å². The number of anilines is 3. The summed E-state index contributed by atoms with van der Waals surface area (Å²) in [6.45, 7) is 3.70. The molecule has 1 saturated carbocycles. The van der Waals surface area contributed by atoms with Crippen molar-refractivity contribution in [3.63, 3.8) is 0 Å². The lowest BCUT2D eigenvalue weighted by Gasteiger charge is -2.49. The Morgan fingerprint density at radius 3 is 2.13 bits per heavy atom. The van der Waals surface area contributed by atoms with Gasteiger partial charge in [-0.15, -0.1) is 0 Å². The first-order valence-electron chi connectivity index (χ1n) is 16.8. The van der Waals surface area contributed by atoms with Gasteiger partial charge in [-0.2, -0.15) is 0 Å². The first-order chi connectivity index (χ1) is 24.7. The fourth-order valence-electron chi connectivity index (χ4n) is 8.94. The number of aromatic hydroxyl groups is 1. The molecule has 6 atom stereocenters. The van der Waals surface area contributed by atoms with E-state index in [4.69, 9.17) is 4.74 Å². The highest BCUT2D eigenvalue weighted by molar-refractivity contribution is 6.25. The standard InChI is InChI=1S/C37H35N5O10/c1-5-52-28-13-9-12-23(32(28)43)30-21-14-15-22-29(24(21)18-25-34(45)40(36(47)37(25,30)2)19-10-7-6-8-11-19)35(46)39(33(22)44)20-16-26(41(48)49)31(38(3)4)27(17-20)42(50)51/h6-14,16-17,22,24-25,29-30,43H,5,15,18H2,1-4H3. The number of phenols is 1. The number of amides is 4. The lowest BCUT2D eigenvalue weighted by Crippen LogP contribution is -2.48. The number of allylic oxidation sites excluding steroid dienone is 2. The Morgan fingerprint density at radius 2 is 1.54 bits per heavy atom. The Labute approximate surface area is 297 Å². The van der Waals surface area contributed by atoms with Crippen molar-refractivity contribution < 1.29 is 38.9 Å². The van der Waals surface area contributed by atoms with Crippen LogP contribution in [0, 0.1) is 49.3 Å². The number of fused-ring (bicyclic) bond motifs is 4. The summed E-state index contributed by atoms with van der Waals surface area (Å²) in [5, 5.41) is 35.8. The van der Waals surface area contributed by atoms with Crippen molar-refractivity contribution >= 4 is 52.1 Å². The molecule has 2 heterocycles. The molecule has 2 aliphatic heterocycles. The Balaban J connectivity index is 1.38. The topological polar surface area (TPSA) is 194 Å². The van der Waals surface area contributed by atoms with Crippen LogP contribution in [0.5, 0.6) is 11.5 Å². The first-order valence-corrected chi connectivity index (χ1v) is 16.8. The molecule has 15 heteroatoms. The molecule has 0 bridgehead atoms. The van der Waals surface area contributed by atoms with Crippen molar-refractivity contribution in [2.45, 2.75) is 32.6 Å². The maximum Gasteiger partial charge on any atom is 0.301 e. The number of benzene rings is 3. The minimum atomic E-state index is -1.42. The van der Waals surface area contributed by atoms with Gasteiger partial charge in [0.2, 0.25) is 23.6 Å². The molecule has 3 aromatic carbocycles. The largest absolute Gasteiger partial charge is 0.504 e. The number of phenolic OH excluding ortho intramolecular Hbond substituents is 1. The van der Waals surface area contributed by atoms with E-state index in [2.05, 4.69) is 0 Å².